The van der Waals surface area contributed by atoms with Crippen molar-refractivity contribution < 1.29 is 14.6 Å². The van der Waals surface area contributed by atoms with Gasteiger partial charge < -0.3 is 9.84 Å². The van der Waals surface area contributed by atoms with Crippen molar-refractivity contribution in [1.82, 2.24) is 0 Å². The molecule has 0 aliphatic carbocycles. The van der Waals surface area contributed by atoms with Crippen LogP contribution in [0.15, 0.2) is 10.3 Å². The molecule has 0 spiro atoms. The molecule has 0 amide bonds. The van der Waals surface area contributed by atoms with Crippen LogP contribution in [0.2, 0.25) is 0 Å². The lowest BCUT2D eigenvalue weighted by molar-refractivity contribution is -0.143. The van der Waals surface area contributed by atoms with Gasteiger partial charge in [0, 0.05) is 0 Å². The number of methoxy groups -OCH3 is 1. The lowest BCUT2D eigenvalue weighted by Gasteiger charge is -2.06. The van der Waals surface area contributed by atoms with Crippen LogP contribution >= 0.6 is 23.2 Å². The van der Waals surface area contributed by atoms with Gasteiger partial charge in [0.05, 0.1) is 18.1 Å². The Bertz CT molecular complexity index is 184. The van der Waals surface area contributed by atoms with Gasteiger partial charge in [-0.15, -0.1) is 0 Å². The molecule has 0 rings (SSSR count). The molecule has 0 aromatic heterocycles. The van der Waals surface area contributed by atoms with E-state index in [1.807, 2.05) is 0 Å². The van der Waals surface area contributed by atoms with E-state index in [2.05, 4.69) is 4.74 Å². The Morgan fingerprint density at radius 2 is 2.00 bits per heavy atom. The van der Waals surface area contributed by atoms with Gasteiger partial charge in [-0.2, -0.15) is 0 Å². The summed E-state index contributed by atoms with van der Waals surface area (Å²) in [5, 5.41) is 7.95. The fourth-order valence-corrected chi connectivity index (χ4v) is 0.712. The number of rotatable bonds is 2. The molecule has 5 heteroatoms. The Morgan fingerprint density at radius 3 is 2.27 bits per heavy atom. The molecule has 0 aromatic carbocycles. The first-order valence-electron chi connectivity index (χ1n) is 2.82. The molecule has 0 bridgehead atoms. The van der Waals surface area contributed by atoms with Crippen molar-refractivity contribution in [2.24, 2.45) is 5.92 Å². The minimum Gasteiger partial charge on any atom is -0.498 e. The van der Waals surface area contributed by atoms with E-state index in [4.69, 9.17) is 28.3 Å². The highest BCUT2D eigenvalue weighted by Crippen LogP contribution is 2.21. The third kappa shape index (κ3) is 2.99. The molecule has 0 aliphatic heterocycles. The number of carbonyl (C=O) groups excluding carboxylic acids is 1. The number of aliphatic hydroxyl groups excluding tert-OH is 1. The van der Waals surface area contributed by atoms with Gasteiger partial charge in [-0.3, -0.25) is 4.79 Å². The second kappa shape index (κ2) is 4.46. The Balaban J connectivity index is 4.37. The van der Waals surface area contributed by atoms with Crippen LogP contribution in [0.5, 0.6) is 0 Å². The lowest BCUT2D eigenvalue weighted by atomic mass is 10.2. The van der Waals surface area contributed by atoms with Gasteiger partial charge in [-0.05, 0) is 18.5 Å². The summed E-state index contributed by atoms with van der Waals surface area (Å²) in [4.78, 5) is 10.7. The van der Waals surface area contributed by atoms with Gasteiger partial charge in [0.15, 0.2) is 5.22 Å². The molecular weight excluding hydrogens is 191 g/mol. The first kappa shape index (κ1) is 10.6. The second-order valence-electron chi connectivity index (χ2n) is 1.88. The van der Waals surface area contributed by atoms with Crippen LogP contribution in [-0.2, 0) is 9.53 Å². The van der Waals surface area contributed by atoms with Crippen molar-refractivity contribution in [2.75, 3.05) is 7.11 Å². The molecule has 1 atom stereocenters. The topological polar surface area (TPSA) is 46.5 Å². The molecule has 0 unspecified atom stereocenters. The highest BCUT2D eigenvalue weighted by atomic mass is 35.5. The number of esters is 1. The molecule has 0 aliphatic rings. The van der Waals surface area contributed by atoms with E-state index in [0.29, 0.717) is 0 Å². The van der Waals surface area contributed by atoms with Gasteiger partial charge in [0.2, 0.25) is 0 Å². The van der Waals surface area contributed by atoms with E-state index in [-0.39, 0.29) is 5.03 Å². The number of hydrogen-bond acceptors (Lipinski definition) is 3. The Kier molecular flexibility index (Phi) is 4.30. The quantitative estimate of drug-likeness (QED) is 0.546. The number of hydrogen-bond donors (Lipinski definition) is 1. The maximum absolute atomic E-state index is 10.7. The van der Waals surface area contributed by atoms with Crippen LogP contribution < -0.4 is 0 Å². The van der Waals surface area contributed by atoms with E-state index >= 15 is 0 Å². The van der Waals surface area contributed by atoms with E-state index in [0.717, 1.165) is 0 Å². The minimum atomic E-state index is -0.723. The van der Waals surface area contributed by atoms with Gasteiger partial charge in [0.1, 0.15) is 0 Å². The normalized spacial score (nSPS) is 15.3. The van der Waals surface area contributed by atoms with E-state index < -0.39 is 17.1 Å². The standard InChI is InChI=1S/C6H8Cl2O3/c1-3(6(10)11-2)4(7)5(8)9/h3,9H,1-2H3/b5-4+/t3-/m1/s1. The third-order valence-electron chi connectivity index (χ3n) is 1.13. The number of ether oxygens (including phenoxy) is 1. The van der Waals surface area contributed by atoms with Crippen molar-refractivity contribution in [2.45, 2.75) is 6.92 Å². The molecular formula is C6H8Cl2O3. The van der Waals surface area contributed by atoms with Gasteiger partial charge in [-0.25, -0.2) is 0 Å². The van der Waals surface area contributed by atoms with Crippen LogP contribution in [0.1, 0.15) is 6.92 Å². The summed E-state index contributed by atoms with van der Waals surface area (Å²) in [6.07, 6.45) is 0. The van der Waals surface area contributed by atoms with Crippen molar-refractivity contribution in [3.05, 3.63) is 10.3 Å². The zero-order valence-corrected chi connectivity index (χ0v) is 7.61. The van der Waals surface area contributed by atoms with Crippen LogP contribution in [0.25, 0.3) is 0 Å². The Hall–Kier alpha value is -0.410. The summed E-state index contributed by atoms with van der Waals surface area (Å²) in [7, 11) is 1.23. The van der Waals surface area contributed by atoms with Crippen LogP contribution in [0.3, 0.4) is 0 Å². The van der Waals surface area contributed by atoms with Crippen molar-refractivity contribution >= 4 is 29.2 Å². The summed E-state index contributed by atoms with van der Waals surface area (Å²) >= 11 is 10.6. The smallest absolute Gasteiger partial charge is 0.313 e. The zero-order chi connectivity index (χ0) is 9.02. The molecule has 0 fully saturated rings. The van der Waals surface area contributed by atoms with Crippen molar-refractivity contribution in [3.8, 4) is 0 Å². The molecule has 0 saturated carbocycles. The van der Waals surface area contributed by atoms with Gasteiger partial charge >= 0.3 is 5.97 Å². The maximum atomic E-state index is 10.7. The molecule has 1 N–H and O–H groups in total. The number of halogens is 2. The van der Waals surface area contributed by atoms with E-state index in [1.165, 1.54) is 14.0 Å². The summed E-state index contributed by atoms with van der Waals surface area (Å²) in [6.45, 7) is 1.48. The van der Waals surface area contributed by atoms with Gasteiger partial charge in [0.25, 0.3) is 0 Å². The lowest BCUT2D eigenvalue weighted by Crippen LogP contribution is -2.13. The molecule has 0 saturated heterocycles. The first-order chi connectivity index (χ1) is 5.00. The van der Waals surface area contributed by atoms with Crippen molar-refractivity contribution in [1.29, 1.82) is 0 Å². The minimum absolute atomic E-state index is 0.112. The number of carbonyl (C=O) groups is 1. The molecule has 0 radical (unpaired) electrons. The predicted octanol–water partition coefficient (Wildman–Crippen LogP) is 2.00. The highest BCUT2D eigenvalue weighted by molar-refractivity contribution is 6.39. The Morgan fingerprint density at radius 1 is 1.55 bits per heavy atom. The molecule has 0 heterocycles. The average Bonchev–Trinajstić information content (AvgIpc) is 2.00. The fourth-order valence-electron chi connectivity index (χ4n) is 0.459. The molecule has 11 heavy (non-hydrogen) atoms. The monoisotopic (exact) mass is 198 g/mol. The maximum Gasteiger partial charge on any atom is 0.313 e. The fraction of sp³-hybridized carbons (Fsp3) is 0.500. The molecule has 3 nitrogen and oxygen atoms in total. The number of aliphatic hydroxyl groups is 1. The predicted molar refractivity (Wildman–Crippen MR) is 42.5 cm³/mol. The summed E-state index contributed by atoms with van der Waals surface area (Å²) in [5.74, 6) is -1.26. The first-order valence-corrected chi connectivity index (χ1v) is 3.58. The zero-order valence-electron chi connectivity index (χ0n) is 6.10. The Labute approximate surface area is 74.6 Å². The van der Waals surface area contributed by atoms with E-state index in [1.54, 1.807) is 0 Å². The largest absolute Gasteiger partial charge is 0.498 e. The second-order valence-corrected chi connectivity index (χ2v) is 2.65. The van der Waals surface area contributed by atoms with Gasteiger partial charge in [-0.1, -0.05) is 11.6 Å². The highest BCUT2D eigenvalue weighted by Gasteiger charge is 2.19. The third-order valence-corrected chi connectivity index (χ3v) is 1.94. The molecule has 0 aromatic rings. The van der Waals surface area contributed by atoms with Crippen LogP contribution in [-0.4, -0.2) is 18.2 Å². The van der Waals surface area contributed by atoms with Crippen molar-refractivity contribution in [3.63, 3.8) is 0 Å². The summed E-state index contributed by atoms with van der Waals surface area (Å²) in [5.41, 5.74) is 0. The summed E-state index contributed by atoms with van der Waals surface area (Å²) in [6, 6.07) is 0. The van der Waals surface area contributed by atoms with Crippen LogP contribution in [0.4, 0.5) is 0 Å². The van der Waals surface area contributed by atoms with Crippen LogP contribution in [0, 0.1) is 5.92 Å². The molecule has 64 valence electrons. The summed E-state index contributed by atoms with van der Waals surface area (Å²) < 4.78 is 4.36. The van der Waals surface area contributed by atoms with E-state index in [9.17, 15) is 4.79 Å². The average molecular weight is 199 g/mol. The SMILES string of the molecule is COC(=O)[C@H](C)/C(Cl)=C(\O)Cl.